The normalized spacial score (nSPS) is 11.6. The first-order valence-corrected chi connectivity index (χ1v) is 11.3. The Labute approximate surface area is 188 Å². The smallest absolute Gasteiger partial charge is 0.338 e. The van der Waals surface area contributed by atoms with Crippen molar-refractivity contribution in [1.82, 2.24) is 9.55 Å². The summed E-state index contributed by atoms with van der Waals surface area (Å²) >= 11 is 0. The molecule has 0 saturated heterocycles. The highest BCUT2D eigenvalue weighted by Crippen LogP contribution is 2.25. The highest BCUT2D eigenvalue weighted by molar-refractivity contribution is 7.92. The van der Waals surface area contributed by atoms with E-state index in [-0.39, 0.29) is 21.8 Å². The molecule has 0 aliphatic rings. The predicted octanol–water partition coefficient (Wildman–Crippen LogP) is 4.61. The number of hydrogen-bond donors (Lipinski definition) is 0. The van der Waals surface area contributed by atoms with E-state index in [1.165, 1.54) is 37.4 Å². The van der Waals surface area contributed by atoms with E-state index >= 15 is 0 Å². The molecule has 0 spiro atoms. The van der Waals surface area contributed by atoms with Crippen LogP contribution in [0, 0.1) is 0 Å². The molecule has 0 unspecified atom stereocenters. The fourth-order valence-electron chi connectivity index (χ4n) is 3.35. The molecule has 0 saturated carbocycles. The summed E-state index contributed by atoms with van der Waals surface area (Å²) < 4.78 is 60.0. The Balaban J connectivity index is 1.56. The summed E-state index contributed by atoms with van der Waals surface area (Å²) in [6.07, 6.45) is 0. The third-order valence-electron chi connectivity index (χ3n) is 5.04. The van der Waals surface area contributed by atoms with Gasteiger partial charge in [-0.05, 0) is 42.5 Å². The first-order valence-electron chi connectivity index (χ1n) is 9.84. The van der Waals surface area contributed by atoms with E-state index in [2.05, 4.69) is 4.98 Å². The molecule has 1 heterocycles. The molecule has 0 fully saturated rings. The largest absolute Gasteiger partial charge is 0.454 e. The van der Waals surface area contributed by atoms with Gasteiger partial charge < -0.3 is 4.74 Å². The number of aromatic nitrogens is 2. The van der Waals surface area contributed by atoms with E-state index in [0.717, 1.165) is 4.31 Å². The van der Waals surface area contributed by atoms with Gasteiger partial charge in [0.05, 0.1) is 27.2 Å². The van der Waals surface area contributed by atoms with Crippen LogP contribution in [0.1, 0.15) is 22.7 Å². The van der Waals surface area contributed by atoms with E-state index in [1.54, 1.807) is 48.5 Å². The Bertz CT molecular complexity index is 1410. The molecule has 0 aliphatic heterocycles. The number of alkyl halides is 2. The SMILES string of the molecule is CN(c1ccccc1)S(=O)(=O)c1cccc(C(=O)OCc2nc3ccccc3n2C(F)F)c1. The average Bonchev–Trinajstić information content (AvgIpc) is 3.21. The van der Waals surface area contributed by atoms with Crippen molar-refractivity contribution < 1.29 is 26.7 Å². The van der Waals surface area contributed by atoms with Gasteiger partial charge in [-0.3, -0.25) is 8.87 Å². The quantitative estimate of drug-likeness (QED) is 0.368. The van der Waals surface area contributed by atoms with Crippen LogP contribution in [-0.4, -0.2) is 31.0 Å². The summed E-state index contributed by atoms with van der Waals surface area (Å²) in [5.41, 5.74) is 0.991. The lowest BCUT2D eigenvalue weighted by Gasteiger charge is -2.19. The number of ether oxygens (including phenoxy) is 1. The minimum atomic E-state index is -3.94. The number of fused-ring (bicyclic) bond motifs is 1. The number of imidazole rings is 1. The highest BCUT2D eigenvalue weighted by Gasteiger charge is 2.23. The van der Waals surface area contributed by atoms with Gasteiger partial charge in [0.15, 0.2) is 5.82 Å². The fourth-order valence-corrected chi connectivity index (χ4v) is 4.59. The number of esters is 1. The molecular formula is C23H19F2N3O4S. The van der Waals surface area contributed by atoms with E-state index in [1.807, 2.05) is 0 Å². The summed E-state index contributed by atoms with van der Waals surface area (Å²) in [6, 6.07) is 20.2. The maximum Gasteiger partial charge on any atom is 0.338 e. The van der Waals surface area contributed by atoms with E-state index in [9.17, 15) is 22.0 Å². The van der Waals surface area contributed by atoms with Crippen LogP contribution in [0.2, 0.25) is 0 Å². The van der Waals surface area contributed by atoms with Crippen LogP contribution < -0.4 is 4.31 Å². The number of benzene rings is 3. The predicted molar refractivity (Wildman–Crippen MR) is 119 cm³/mol. The maximum absolute atomic E-state index is 13.5. The third kappa shape index (κ3) is 4.42. The topological polar surface area (TPSA) is 81.5 Å². The molecule has 0 bridgehead atoms. The number of sulfonamides is 1. The lowest BCUT2D eigenvalue weighted by atomic mass is 10.2. The summed E-state index contributed by atoms with van der Waals surface area (Å²) in [5.74, 6) is -0.977. The molecule has 4 aromatic rings. The van der Waals surface area contributed by atoms with Crippen molar-refractivity contribution in [1.29, 1.82) is 0 Å². The van der Waals surface area contributed by atoms with Gasteiger partial charge in [0.25, 0.3) is 10.0 Å². The Morgan fingerprint density at radius 1 is 1.03 bits per heavy atom. The second-order valence-corrected chi connectivity index (χ2v) is 9.05. The molecule has 0 N–H and O–H groups in total. The van der Waals surface area contributed by atoms with Gasteiger partial charge >= 0.3 is 12.5 Å². The molecular weight excluding hydrogens is 452 g/mol. The third-order valence-corrected chi connectivity index (χ3v) is 6.83. The highest BCUT2D eigenvalue weighted by atomic mass is 32.2. The number of nitrogens with zero attached hydrogens (tertiary/aromatic N) is 3. The monoisotopic (exact) mass is 471 g/mol. The van der Waals surface area contributed by atoms with Crippen molar-refractivity contribution in [3.63, 3.8) is 0 Å². The molecule has 33 heavy (non-hydrogen) atoms. The van der Waals surface area contributed by atoms with Crippen molar-refractivity contribution >= 4 is 32.7 Å². The second-order valence-electron chi connectivity index (χ2n) is 7.08. The molecule has 170 valence electrons. The van der Waals surface area contributed by atoms with Crippen LogP contribution in [0.4, 0.5) is 14.5 Å². The van der Waals surface area contributed by atoms with Gasteiger partial charge in [-0.25, -0.2) is 18.2 Å². The fraction of sp³-hybridized carbons (Fsp3) is 0.130. The number of hydrogen-bond acceptors (Lipinski definition) is 5. The lowest BCUT2D eigenvalue weighted by molar-refractivity contribution is 0.0387. The van der Waals surface area contributed by atoms with Crippen molar-refractivity contribution in [2.75, 3.05) is 11.4 Å². The number of carbonyl (C=O) groups is 1. The summed E-state index contributed by atoms with van der Waals surface area (Å²) in [6.45, 7) is -3.37. The van der Waals surface area contributed by atoms with E-state index < -0.39 is 29.1 Å². The lowest BCUT2D eigenvalue weighted by Crippen LogP contribution is -2.26. The molecule has 4 rings (SSSR count). The maximum atomic E-state index is 13.5. The summed E-state index contributed by atoms with van der Waals surface area (Å²) in [4.78, 5) is 16.6. The summed E-state index contributed by atoms with van der Waals surface area (Å²) in [7, 11) is -2.53. The van der Waals surface area contributed by atoms with Gasteiger partial charge in [0, 0.05) is 7.05 Å². The van der Waals surface area contributed by atoms with Crippen molar-refractivity contribution in [2.24, 2.45) is 0 Å². The van der Waals surface area contributed by atoms with Gasteiger partial charge in [-0.2, -0.15) is 8.78 Å². The van der Waals surface area contributed by atoms with Gasteiger partial charge in [-0.15, -0.1) is 0 Å². The van der Waals surface area contributed by atoms with Gasteiger partial charge in [-0.1, -0.05) is 36.4 Å². The zero-order valence-electron chi connectivity index (χ0n) is 17.4. The molecule has 0 atom stereocenters. The zero-order chi connectivity index (χ0) is 23.6. The second kappa shape index (κ2) is 8.99. The first-order chi connectivity index (χ1) is 15.8. The minimum Gasteiger partial charge on any atom is -0.454 e. The minimum absolute atomic E-state index is 0.0303. The number of anilines is 1. The number of carbonyl (C=O) groups excluding carboxylic acids is 1. The van der Waals surface area contributed by atoms with Gasteiger partial charge in [0.2, 0.25) is 0 Å². The Hall–Kier alpha value is -3.79. The molecule has 10 heteroatoms. The number of rotatable bonds is 7. The molecule has 0 aliphatic carbocycles. The van der Waals surface area contributed by atoms with E-state index in [4.69, 9.17) is 4.74 Å². The van der Waals surface area contributed by atoms with Crippen molar-refractivity contribution in [2.45, 2.75) is 18.1 Å². The van der Waals surface area contributed by atoms with Crippen LogP contribution in [0.5, 0.6) is 0 Å². The standard InChI is InChI=1S/C23H19F2N3O4S/c1-27(17-9-3-2-4-10-17)33(30,31)18-11-7-8-16(14-18)22(29)32-15-21-26-19-12-5-6-13-20(19)28(21)23(24)25/h2-14,23H,15H2,1H3. The zero-order valence-corrected chi connectivity index (χ0v) is 18.2. The molecule has 3 aromatic carbocycles. The van der Waals surface area contributed by atoms with Crippen molar-refractivity contribution in [3.05, 3.63) is 90.3 Å². The average molecular weight is 471 g/mol. The first kappa shape index (κ1) is 22.4. The van der Waals surface area contributed by atoms with Crippen LogP contribution in [0.15, 0.2) is 83.8 Å². The van der Waals surface area contributed by atoms with Crippen LogP contribution in [-0.2, 0) is 21.4 Å². The molecule has 1 aromatic heterocycles. The Morgan fingerprint density at radius 2 is 1.73 bits per heavy atom. The van der Waals surface area contributed by atoms with Crippen LogP contribution in [0.25, 0.3) is 11.0 Å². The van der Waals surface area contributed by atoms with E-state index in [0.29, 0.717) is 15.8 Å². The Kier molecular flexibility index (Phi) is 6.10. The van der Waals surface area contributed by atoms with Gasteiger partial charge in [0.1, 0.15) is 6.61 Å². The van der Waals surface area contributed by atoms with Crippen LogP contribution in [0.3, 0.4) is 0 Å². The number of halogens is 2. The van der Waals surface area contributed by atoms with Crippen molar-refractivity contribution in [3.8, 4) is 0 Å². The summed E-state index contributed by atoms with van der Waals surface area (Å²) in [5, 5.41) is 0. The Morgan fingerprint density at radius 3 is 2.45 bits per heavy atom. The molecule has 0 radical (unpaired) electrons. The molecule has 0 amide bonds. The molecule has 7 nitrogen and oxygen atoms in total. The number of para-hydroxylation sites is 3. The van der Waals surface area contributed by atoms with Crippen LogP contribution >= 0.6 is 0 Å².